The highest BCUT2D eigenvalue weighted by Gasteiger charge is 2.40. The monoisotopic (exact) mass is 256 g/mol. The van der Waals surface area contributed by atoms with Crippen LogP contribution >= 0.6 is 0 Å². The Balaban J connectivity index is 2.71. The molecule has 0 saturated heterocycles. The molecule has 1 atom stereocenters. The van der Waals surface area contributed by atoms with Crippen LogP contribution in [0.25, 0.3) is 0 Å². The van der Waals surface area contributed by atoms with Gasteiger partial charge in [-0.15, -0.1) is 0 Å². The molecule has 1 unspecified atom stereocenters. The standard InChI is InChI=1S/C15H28O3/c1-4-18-15(10-7-5-6-8-11-15)14(16)13(2)9-12-17-3/h13H,4-12H2,1-3H3. The van der Waals surface area contributed by atoms with Gasteiger partial charge in [0.1, 0.15) is 5.60 Å². The van der Waals surface area contributed by atoms with Gasteiger partial charge in [-0.25, -0.2) is 0 Å². The van der Waals surface area contributed by atoms with Crippen LogP contribution in [-0.2, 0) is 14.3 Å². The first-order chi connectivity index (χ1) is 8.66. The van der Waals surface area contributed by atoms with Gasteiger partial charge >= 0.3 is 0 Å². The highest BCUT2D eigenvalue weighted by molar-refractivity contribution is 5.89. The summed E-state index contributed by atoms with van der Waals surface area (Å²) in [7, 11) is 1.68. The Kier molecular flexibility index (Phi) is 6.87. The second-order valence-corrected chi connectivity index (χ2v) is 5.39. The van der Waals surface area contributed by atoms with Crippen molar-refractivity contribution in [2.45, 2.75) is 64.4 Å². The molecule has 3 heteroatoms. The van der Waals surface area contributed by atoms with Crippen LogP contribution in [0.2, 0.25) is 0 Å². The van der Waals surface area contributed by atoms with E-state index < -0.39 is 5.60 Å². The fraction of sp³-hybridized carbons (Fsp3) is 0.933. The number of ether oxygens (including phenoxy) is 2. The molecule has 1 aliphatic carbocycles. The Hall–Kier alpha value is -0.410. The maximum absolute atomic E-state index is 12.7. The van der Waals surface area contributed by atoms with E-state index in [-0.39, 0.29) is 5.92 Å². The van der Waals surface area contributed by atoms with E-state index in [1.54, 1.807) is 7.11 Å². The van der Waals surface area contributed by atoms with Crippen molar-refractivity contribution >= 4 is 5.78 Å². The Labute approximate surface area is 111 Å². The van der Waals surface area contributed by atoms with Gasteiger partial charge in [0.05, 0.1) is 0 Å². The topological polar surface area (TPSA) is 35.5 Å². The predicted octanol–water partition coefficient (Wildman–Crippen LogP) is 3.36. The van der Waals surface area contributed by atoms with Gasteiger partial charge in [-0.2, -0.15) is 0 Å². The fourth-order valence-corrected chi connectivity index (χ4v) is 2.91. The SMILES string of the molecule is CCOC1(C(=O)C(C)CCOC)CCCCCC1. The van der Waals surface area contributed by atoms with E-state index in [1.165, 1.54) is 12.8 Å². The zero-order chi connectivity index (χ0) is 13.4. The highest BCUT2D eigenvalue weighted by Crippen LogP contribution is 2.34. The first-order valence-corrected chi connectivity index (χ1v) is 7.33. The van der Waals surface area contributed by atoms with Crippen molar-refractivity contribution in [2.75, 3.05) is 20.3 Å². The van der Waals surface area contributed by atoms with E-state index in [4.69, 9.17) is 9.47 Å². The van der Waals surface area contributed by atoms with Gasteiger partial charge in [0.25, 0.3) is 0 Å². The summed E-state index contributed by atoms with van der Waals surface area (Å²) in [6, 6.07) is 0. The minimum atomic E-state index is -0.502. The first kappa shape index (κ1) is 15.6. The van der Waals surface area contributed by atoms with Crippen molar-refractivity contribution in [3.05, 3.63) is 0 Å². The molecule has 3 nitrogen and oxygen atoms in total. The van der Waals surface area contributed by atoms with Crippen molar-refractivity contribution in [1.29, 1.82) is 0 Å². The smallest absolute Gasteiger partial charge is 0.167 e. The van der Waals surface area contributed by atoms with Gasteiger partial charge in [0, 0.05) is 26.2 Å². The number of ketones is 1. The maximum Gasteiger partial charge on any atom is 0.167 e. The minimum Gasteiger partial charge on any atom is -0.385 e. The Morgan fingerprint density at radius 2 is 1.83 bits per heavy atom. The molecular formula is C15H28O3. The second kappa shape index (κ2) is 7.90. The second-order valence-electron chi connectivity index (χ2n) is 5.39. The average Bonchev–Trinajstić information content (AvgIpc) is 2.62. The van der Waals surface area contributed by atoms with Crippen LogP contribution in [0.15, 0.2) is 0 Å². The molecule has 106 valence electrons. The lowest BCUT2D eigenvalue weighted by molar-refractivity contribution is -0.150. The van der Waals surface area contributed by atoms with Gasteiger partial charge in [-0.1, -0.05) is 32.6 Å². The molecule has 0 aromatic heterocycles. The number of rotatable bonds is 7. The van der Waals surface area contributed by atoms with Crippen molar-refractivity contribution in [3.8, 4) is 0 Å². The third-order valence-corrected chi connectivity index (χ3v) is 3.98. The largest absolute Gasteiger partial charge is 0.385 e. The Bertz CT molecular complexity index is 242. The van der Waals surface area contributed by atoms with E-state index in [1.807, 2.05) is 13.8 Å². The van der Waals surface area contributed by atoms with Gasteiger partial charge in [0.2, 0.25) is 0 Å². The summed E-state index contributed by atoms with van der Waals surface area (Å²) in [5, 5.41) is 0. The fourth-order valence-electron chi connectivity index (χ4n) is 2.91. The maximum atomic E-state index is 12.7. The quantitative estimate of drug-likeness (QED) is 0.655. The van der Waals surface area contributed by atoms with Gasteiger partial charge < -0.3 is 9.47 Å². The van der Waals surface area contributed by atoms with Crippen LogP contribution in [0.1, 0.15) is 58.8 Å². The average molecular weight is 256 g/mol. The van der Waals surface area contributed by atoms with E-state index in [0.29, 0.717) is 19.0 Å². The predicted molar refractivity (Wildman–Crippen MR) is 72.7 cm³/mol. The van der Waals surface area contributed by atoms with E-state index in [0.717, 1.165) is 32.1 Å². The highest BCUT2D eigenvalue weighted by atomic mass is 16.5. The summed E-state index contributed by atoms with van der Waals surface area (Å²) >= 11 is 0. The minimum absolute atomic E-state index is 0.0367. The van der Waals surface area contributed by atoms with Gasteiger partial charge in [-0.3, -0.25) is 4.79 Å². The molecule has 0 bridgehead atoms. The lowest BCUT2D eigenvalue weighted by Gasteiger charge is -2.33. The molecule has 0 N–H and O–H groups in total. The van der Waals surface area contributed by atoms with Crippen molar-refractivity contribution in [2.24, 2.45) is 5.92 Å². The first-order valence-electron chi connectivity index (χ1n) is 7.33. The lowest BCUT2D eigenvalue weighted by atomic mass is 9.82. The van der Waals surface area contributed by atoms with Gasteiger partial charge in [-0.05, 0) is 26.2 Å². The lowest BCUT2D eigenvalue weighted by Crippen LogP contribution is -2.44. The summed E-state index contributed by atoms with van der Waals surface area (Å²) < 4.78 is 11.0. The molecule has 0 amide bonds. The number of methoxy groups -OCH3 is 1. The zero-order valence-corrected chi connectivity index (χ0v) is 12.2. The summed E-state index contributed by atoms with van der Waals surface area (Å²) in [6.07, 6.45) is 7.28. The van der Waals surface area contributed by atoms with Crippen molar-refractivity contribution in [1.82, 2.24) is 0 Å². The van der Waals surface area contributed by atoms with E-state index in [9.17, 15) is 4.79 Å². The molecule has 0 heterocycles. The van der Waals surface area contributed by atoms with Crippen molar-refractivity contribution < 1.29 is 14.3 Å². The molecule has 0 spiro atoms. The molecule has 0 aromatic carbocycles. The third-order valence-electron chi connectivity index (χ3n) is 3.98. The third kappa shape index (κ3) is 4.06. The molecular weight excluding hydrogens is 228 g/mol. The molecule has 0 aliphatic heterocycles. The Morgan fingerprint density at radius 3 is 2.33 bits per heavy atom. The number of hydrogen-bond acceptors (Lipinski definition) is 3. The number of carbonyl (C=O) groups is 1. The molecule has 1 aliphatic rings. The molecule has 0 radical (unpaired) electrons. The number of carbonyl (C=O) groups excluding carboxylic acids is 1. The van der Waals surface area contributed by atoms with E-state index >= 15 is 0 Å². The molecule has 1 saturated carbocycles. The van der Waals surface area contributed by atoms with Crippen LogP contribution in [0.3, 0.4) is 0 Å². The summed E-state index contributed by atoms with van der Waals surface area (Å²) in [5.41, 5.74) is -0.502. The Morgan fingerprint density at radius 1 is 1.22 bits per heavy atom. The van der Waals surface area contributed by atoms with Crippen LogP contribution in [0, 0.1) is 5.92 Å². The van der Waals surface area contributed by atoms with Crippen LogP contribution in [-0.4, -0.2) is 31.7 Å². The summed E-state index contributed by atoms with van der Waals surface area (Å²) in [4.78, 5) is 12.7. The summed E-state index contributed by atoms with van der Waals surface area (Å²) in [5.74, 6) is 0.331. The van der Waals surface area contributed by atoms with Gasteiger partial charge in [0.15, 0.2) is 5.78 Å². The zero-order valence-electron chi connectivity index (χ0n) is 12.2. The molecule has 0 aromatic rings. The van der Waals surface area contributed by atoms with Crippen molar-refractivity contribution in [3.63, 3.8) is 0 Å². The van der Waals surface area contributed by atoms with E-state index in [2.05, 4.69) is 0 Å². The normalized spacial score (nSPS) is 21.3. The summed E-state index contributed by atoms with van der Waals surface area (Å²) in [6.45, 7) is 5.27. The molecule has 18 heavy (non-hydrogen) atoms. The number of hydrogen-bond donors (Lipinski definition) is 0. The number of Topliss-reactive ketones (excluding diaryl/α,β-unsaturated/α-hetero) is 1. The van der Waals surface area contributed by atoms with Crippen LogP contribution in [0.5, 0.6) is 0 Å². The molecule has 1 rings (SSSR count). The molecule has 1 fully saturated rings. The van der Waals surface area contributed by atoms with Crippen LogP contribution < -0.4 is 0 Å². The van der Waals surface area contributed by atoms with Crippen LogP contribution in [0.4, 0.5) is 0 Å².